The fourth-order valence-corrected chi connectivity index (χ4v) is 3.28. The van der Waals surface area contributed by atoms with Gasteiger partial charge in [-0.25, -0.2) is 4.39 Å². The lowest BCUT2D eigenvalue weighted by Gasteiger charge is -2.27. The minimum atomic E-state index is -0.436. The van der Waals surface area contributed by atoms with E-state index in [1.807, 2.05) is 4.90 Å². The number of aliphatic hydroxyl groups is 1. The summed E-state index contributed by atoms with van der Waals surface area (Å²) >= 11 is 0. The van der Waals surface area contributed by atoms with E-state index in [0.29, 0.717) is 18.9 Å². The summed E-state index contributed by atoms with van der Waals surface area (Å²) in [4.78, 5) is 14.1. The minimum absolute atomic E-state index is 0.00751. The summed E-state index contributed by atoms with van der Waals surface area (Å²) in [6.45, 7) is 1.53. The number of hydrogen-bond acceptors (Lipinski definition) is 3. The minimum Gasteiger partial charge on any atom is -0.392 e. The smallest absolute Gasteiger partial charge is 0.234 e. The summed E-state index contributed by atoms with van der Waals surface area (Å²) < 4.78 is 13.0. The second-order valence-electron chi connectivity index (χ2n) is 6.49. The van der Waals surface area contributed by atoms with Crippen molar-refractivity contribution in [2.24, 2.45) is 5.92 Å². The molecule has 2 fully saturated rings. The van der Waals surface area contributed by atoms with E-state index in [1.165, 1.54) is 31.4 Å². The molecule has 1 aliphatic heterocycles. The van der Waals surface area contributed by atoms with Gasteiger partial charge in [-0.05, 0) is 42.9 Å². The molecule has 2 aliphatic rings. The molecule has 1 saturated carbocycles. The standard InChI is InChI=1S/C17H23FN2O2/c18-14-6-4-13(5-7-14)16-8-15(21)10-20(16)11-17(22)19-9-12-2-1-3-12/h4-7,12,15-16,21H,1-3,8-11H2,(H,19,22)/t15-,16-/m1/s1. The second kappa shape index (κ2) is 6.75. The number of nitrogens with zero attached hydrogens (tertiary/aromatic N) is 1. The van der Waals surface area contributed by atoms with E-state index in [9.17, 15) is 14.3 Å². The lowest BCUT2D eigenvalue weighted by Crippen LogP contribution is -2.40. The Hall–Kier alpha value is -1.46. The molecule has 0 radical (unpaired) electrons. The highest BCUT2D eigenvalue weighted by Gasteiger charge is 2.33. The zero-order valence-electron chi connectivity index (χ0n) is 12.7. The SMILES string of the molecule is O=C(CN1C[C@H](O)C[C@@H]1c1ccc(F)cc1)NCC1CCC1. The van der Waals surface area contributed by atoms with Gasteiger partial charge < -0.3 is 10.4 Å². The summed E-state index contributed by atoms with van der Waals surface area (Å²) in [5.41, 5.74) is 0.949. The van der Waals surface area contributed by atoms with Gasteiger partial charge in [0.1, 0.15) is 5.82 Å². The molecule has 1 aliphatic carbocycles. The number of halogens is 1. The van der Waals surface area contributed by atoms with Gasteiger partial charge >= 0.3 is 0 Å². The molecule has 4 nitrogen and oxygen atoms in total. The van der Waals surface area contributed by atoms with Gasteiger partial charge in [-0.3, -0.25) is 9.69 Å². The fourth-order valence-electron chi connectivity index (χ4n) is 3.28. The van der Waals surface area contributed by atoms with Crippen molar-refractivity contribution in [3.63, 3.8) is 0 Å². The first-order valence-electron chi connectivity index (χ1n) is 8.06. The van der Waals surface area contributed by atoms with Crippen LogP contribution in [-0.4, -0.2) is 41.7 Å². The first-order chi connectivity index (χ1) is 10.6. The molecule has 0 bridgehead atoms. The van der Waals surface area contributed by atoms with Crippen LogP contribution in [0.2, 0.25) is 0 Å². The second-order valence-corrected chi connectivity index (χ2v) is 6.49. The largest absolute Gasteiger partial charge is 0.392 e. The Labute approximate surface area is 130 Å². The summed E-state index contributed by atoms with van der Waals surface area (Å²) in [6.07, 6.45) is 3.84. The highest BCUT2D eigenvalue weighted by molar-refractivity contribution is 5.78. The van der Waals surface area contributed by atoms with Gasteiger partial charge in [0.25, 0.3) is 0 Å². The Balaban J connectivity index is 1.57. The van der Waals surface area contributed by atoms with Crippen molar-refractivity contribution in [3.05, 3.63) is 35.6 Å². The first-order valence-corrected chi connectivity index (χ1v) is 8.06. The topological polar surface area (TPSA) is 52.6 Å². The molecule has 3 rings (SSSR count). The molecule has 1 amide bonds. The molecule has 0 unspecified atom stereocenters. The number of benzene rings is 1. The average Bonchev–Trinajstić information content (AvgIpc) is 2.78. The van der Waals surface area contributed by atoms with Crippen LogP contribution in [0.4, 0.5) is 4.39 Å². The maximum Gasteiger partial charge on any atom is 0.234 e. The predicted molar refractivity (Wildman–Crippen MR) is 81.7 cm³/mol. The van der Waals surface area contributed by atoms with E-state index in [-0.39, 0.29) is 24.3 Å². The van der Waals surface area contributed by atoms with Crippen molar-refractivity contribution in [1.82, 2.24) is 10.2 Å². The normalized spacial score (nSPS) is 25.9. The van der Waals surface area contributed by atoms with Crippen LogP contribution in [0.5, 0.6) is 0 Å². The number of amides is 1. The fraction of sp³-hybridized carbons (Fsp3) is 0.588. The van der Waals surface area contributed by atoms with Crippen LogP contribution in [0.1, 0.15) is 37.3 Å². The van der Waals surface area contributed by atoms with E-state index in [2.05, 4.69) is 5.32 Å². The molecule has 22 heavy (non-hydrogen) atoms. The van der Waals surface area contributed by atoms with E-state index >= 15 is 0 Å². The van der Waals surface area contributed by atoms with Crippen molar-refractivity contribution in [1.29, 1.82) is 0 Å². The Morgan fingerprint density at radius 2 is 2.05 bits per heavy atom. The molecular formula is C17H23FN2O2. The van der Waals surface area contributed by atoms with Crippen LogP contribution in [0, 0.1) is 11.7 Å². The van der Waals surface area contributed by atoms with E-state index < -0.39 is 6.10 Å². The first kappa shape index (κ1) is 15.4. The summed E-state index contributed by atoms with van der Waals surface area (Å²) in [5, 5.41) is 12.9. The number of β-amino-alcohol motifs (C(OH)–C–C–N with tert-alkyl or cyclic N) is 1. The van der Waals surface area contributed by atoms with Crippen LogP contribution < -0.4 is 5.32 Å². The highest BCUT2D eigenvalue weighted by Crippen LogP contribution is 2.32. The number of carbonyl (C=O) groups is 1. The van der Waals surface area contributed by atoms with Crippen molar-refractivity contribution >= 4 is 5.91 Å². The predicted octanol–water partition coefficient (Wildman–Crippen LogP) is 1.85. The monoisotopic (exact) mass is 306 g/mol. The highest BCUT2D eigenvalue weighted by atomic mass is 19.1. The maximum atomic E-state index is 13.0. The van der Waals surface area contributed by atoms with Gasteiger partial charge in [0.2, 0.25) is 5.91 Å². The Kier molecular flexibility index (Phi) is 4.74. The van der Waals surface area contributed by atoms with Gasteiger partial charge in [-0.15, -0.1) is 0 Å². The van der Waals surface area contributed by atoms with Crippen molar-refractivity contribution in [2.45, 2.75) is 37.8 Å². The summed E-state index contributed by atoms with van der Waals surface area (Å²) in [7, 11) is 0. The number of rotatable bonds is 5. The molecule has 1 saturated heterocycles. The molecule has 0 spiro atoms. The van der Waals surface area contributed by atoms with E-state index in [4.69, 9.17) is 0 Å². The molecule has 2 N–H and O–H groups in total. The lowest BCUT2D eigenvalue weighted by molar-refractivity contribution is -0.122. The zero-order chi connectivity index (χ0) is 15.5. The third-order valence-electron chi connectivity index (χ3n) is 4.80. The summed E-state index contributed by atoms with van der Waals surface area (Å²) in [6, 6.07) is 6.29. The van der Waals surface area contributed by atoms with Crippen LogP contribution in [0.3, 0.4) is 0 Å². The quantitative estimate of drug-likeness (QED) is 0.873. The Morgan fingerprint density at radius 3 is 2.68 bits per heavy atom. The molecule has 120 valence electrons. The third-order valence-corrected chi connectivity index (χ3v) is 4.80. The van der Waals surface area contributed by atoms with Crippen LogP contribution in [0.25, 0.3) is 0 Å². The number of carbonyl (C=O) groups excluding carboxylic acids is 1. The van der Waals surface area contributed by atoms with Gasteiger partial charge in [0.15, 0.2) is 0 Å². The van der Waals surface area contributed by atoms with E-state index in [0.717, 1.165) is 12.1 Å². The number of nitrogens with one attached hydrogen (secondary N) is 1. The number of likely N-dealkylation sites (tertiary alicyclic amines) is 1. The molecule has 0 aromatic heterocycles. The maximum absolute atomic E-state index is 13.0. The average molecular weight is 306 g/mol. The van der Waals surface area contributed by atoms with Crippen LogP contribution >= 0.6 is 0 Å². The third kappa shape index (κ3) is 3.65. The van der Waals surface area contributed by atoms with Gasteiger partial charge in [-0.1, -0.05) is 18.6 Å². The number of hydrogen-bond donors (Lipinski definition) is 2. The molecular weight excluding hydrogens is 283 g/mol. The summed E-state index contributed by atoms with van der Waals surface area (Å²) in [5.74, 6) is 0.376. The lowest BCUT2D eigenvalue weighted by atomic mass is 9.85. The van der Waals surface area contributed by atoms with Crippen LogP contribution in [-0.2, 0) is 4.79 Å². The van der Waals surface area contributed by atoms with Crippen molar-refractivity contribution in [3.8, 4) is 0 Å². The Bertz CT molecular complexity index is 516. The zero-order valence-corrected chi connectivity index (χ0v) is 12.7. The van der Waals surface area contributed by atoms with Crippen molar-refractivity contribution in [2.75, 3.05) is 19.6 Å². The van der Waals surface area contributed by atoms with Crippen molar-refractivity contribution < 1.29 is 14.3 Å². The number of aliphatic hydroxyl groups excluding tert-OH is 1. The van der Waals surface area contributed by atoms with Gasteiger partial charge in [0, 0.05) is 19.1 Å². The molecule has 1 heterocycles. The van der Waals surface area contributed by atoms with E-state index in [1.54, 1.807) is 12.1 Å². The van der Waals surface area contributed by atoms with Crippen LogP contribution in [0.15, 0.2) is 24.3 Å². The molecule has 2 atom stereocenters. The molecule has 1 aromatic carbocycles. The van der Waals surface area contributed by atoms with Gasteiger partial charge in [-0.2, -0.15) is 0 Å². The molecule has 5 heteroatoms. The molecule has 1 aromatic rings. The van der Waals surface area contributed by atoms with Gasteiger partial charge in [0.05, 0.1) is 12.6 Å². The Morgan fingerprint density at radius 1 is 1.32 bits per heavy atom.